The molecule has 6 heterocycles. The van der Waals surface area contributed by atoms with E-state index in [0.29, 0.717) is 6.61 Å². The van der Waals surface area contributed by atoms with Crippen molar-refractivity contribution in [2.75, 3.05) is 27.4 Å². The number of methoxy groups -OCH3 is 1. The lowest BCUT2D eigenvalue weighted by Gasteiger charge is -2.24. The third-order valence-corrected chi connectivity index (χ3v) is 7.82. The zero-order chi connectivity index (χ0) is 26.8. The number of pyridine rings is 1. The van der Waals surface area contributed by atoms with Crippen LogP contribution in [0.5, 0.6) is 0 Å². The van der Waals surface area contributed by atoms with Crippen LogP contribution >= 0.6 is 0 Å². The summed E-state index contributed by atoms with van der Waals surface area (Å²) in [4.78, 5) is 8.44. The van der Waals surface area contributed by atoms with Gasteiger partial charge in [0.25, 0.3) is 0 Å². The van der Waals surface area contributed by atoms with Crippen molar-refractivity contribution >= 4 is 21.9 Å². The van der Waals surface area contributed by atoms with E-state index in [4.69, 9.17) is 14.5 Å². The number of nitrogens with zero attached hydrogens (tertiary/aromatic N) is 4. The molecule has 1 aliphatic carbocycles. The van der Waals surface area contributed by atoms with Crippen molar-refractivity contribution in [2.24, 2.45) is 7.05 Å². The summed E-state index contributed by atoms with van der Waals surface area (Å²) in [5.74, 6) is 0. The molecule has 2 N–H and O–H groups in total. The largest absolute Gasteiger partial charge is 0.388 e. The Balaban J connectivity index is 0.000000303. The van der Waals surface area contributed by atoms with Gasteiger partial charge in [0.1, 0.15) is 5.65 Å². The minimum atomic E-state index is -0.181. The molecule has 3 aliphatic rings. The molecule has 5 aromatic rings. The Morgan fingerprint density at radius 3 is 2.49 bits per heavy atom. The van der Waals surface area contributed by atoms with Crippen LogP contribution in [0.2, 0.25) is 0 Å². The number of ether oxygens (including phenoxy) is 3. The summed E-state index contributed by atoms with van der Waals surface area (Å²) in [5, 5.41) is 14.0. The summed E-state index contributed by atoms with van der Waals surface area (Å²) >= 11 is 0. The predicted molar refractivity (Wildman–Crippen MR) is 151 cm³/mol. The SMILES string of the molecule is C1CCOC1.COC.Cn1cc(-c2[nH]c3ncc4c(c3c2-c2ccc3[nH]ncc3c2)C2(CCCC2)OC4)cn1. The average molecular weight is 529 g/mol. The van der Waals surface area contributed by atoms with Crippen molar-refractivity contribution in [1.29, 1.82) is 0 Å². The summed E-state index contributed by atoms with van der Waals surface area (Å²) in [7, 11) is 5.20. The Hall–Kier alpha value is -3.53. The second-order valence-corrected chi connectivity index (χ2v) is 10.5. The molecule has 1 aromatic carbocycles. The van der Waals surface area contributed by atoms with Gasteiger partial charge >= 0.3 is 0 Å². The summed E-state index contributed by atoms with van der Waals surface area (Å²) in [6.45, 7) is 2.64. The number of rotatable bonds is 2. The number of aromatic amines is 2. The minimum absolute atomic E-state index is 0.181. The van der Waals surface area contributed by atoms with Gasteiger partial charge in [0, 0.05) is 79.9 Å². The van der Waals surface area contributed by atoms with Gasteiger partial charge in [-0.25, -0.2) is 4.98 Å². The fourth-order valence-corrected chi connectivity index (χ4v) is 6.12. The third-order valence-electron chi connectivity index (χ3n) is 7.82. The normalized spacial score (nSPS) is 17.3. The molecule has 1 saturated carbocycles. The van der Waals surface area contributed by atoms with Crippen LogP contribution in [0, 0.1) is 0 Å². The first kappa shape index (κ1) is 25.7. The quantitative estimate of drug-likeness (QED) is 0.297. The van der Waals surface area contributed by atoms with Crippen molar-refractivity contribution in [3.8, 4) is 22.4 Å². The molecule has 2 aliphatic heterocycles. The molecular formula is C30H36N6O3. The lowest BCUT2D eigenvalue weighted by atomic mass is 9.86. The summed E-state index contributed by atoms with van der Waals surface area (Å²) < 4.78 is 17.5. The molecule has 9 nitrogen and oxygen atoms in total. The fraction of sp³-hybridized carbons (Fsp3) is 0.433. The van der Waals surface area contributed by atoms with E-state index < -0.39 is 0 Å². The van der Waals surface area contributed by atoms with Crippen LogP contribution in [0.25, 0.3) is 44.3 Å². The van der Waals surface area contributed by atoms with Crippen LogP contribution in [-0.2, 0) is 33.5 Å². The molecular weight excluding hydrogens is 492 g/mol. The highest BCUT2D eigenvalue weighted by atomic mass is 16.5. The Kier molecular flexibility index (Phi) is 7.20. The van der Waals surface area contributed by atoms with Gasteiger partial charge in [-0.2, -0.15) is 10.2 Å². The topological polar surface area (TPSA) is 103 Å². The number of nitrogens with one attached hydrogen (secondary N) is 2. The summed E-state index contributed by atoms with van der Waals surface area (Å²) in [5.41, 5.74) is 8.74. The first-order chi connectivity index (χ1) is 19.1. The van der Waals surface area contributed by atoms with Gasteiger partial charge in [-0.05, 0) is 43.4 Å². The van der Waals surface area contributed by atoms with Gasteiger partial charge in [-0.3, -0.25) is 9.78 Å². The average Bonchev–Trinajstić information content (AvgIpc) is 3.79. The van der Waals surface area contributed by atoms with Crippen molar-refractivity contribution in [3.63, 3.8) is 0 Å². The van der Waals surface area contributed by atoms with Crippen LogP contribution in [0.15, 0.2) is 43.0 Å². The fourth-order valence-electron chi connectivity index (χ4n) is 6.12. The lowest BCUT2D eigenvalue weighted by molar-refractivity contribution is -0.0317. The monoisotopic (exact) mass is 528 g/mol. The van der Waals surface area contributed by atoms with Crippen molar-refractivity contribution in [1.82, 2.24) is 29.9 Å². The molecule has 0 unspecified atom stereocenters. The number of hydrogen-bond acceptors (Lipinski definition) is 6. The van der Waals surface area contributed by atoms with E-state index in [1.165, 1.54) is 47.8 Å². The second kappa shape index (κ2) is 10.9. The Labute approximate surface area is 227 Å². The minimum Gasteiger partial charge on any atom is -0.388 e. The number of benzene rings is 1. The molecule has 4 aromatic heterocycles. The van der Waals surface area contributed by atoms with Crippen LogP contribution in [-0.4, -0.2) is 57.4 Å². The van der Waals surface area contributed by atoms with Crippen LogP contribution in [0.4, 0.5) is 0 Å². The lowest BCUT2D eigenvalue weighted by Crippen LogP contribution is -2.20. The van der Waals surface area contributed by atoms with Crippen molar-refractivity contribution in [3.05, 3.63) is 54.1 Å². The van der Waals surface area contributed by atoms with E-state index in [-0.39, 0.29) is 5.60 Å². The number of fused-ring (bicyclic) bond motifs is 5. The Bertz CT molecular complexity index is 1560. The zero-order valence-corrected chi connectivity index (χ0v) is 22.9. The van der Waals surface area contributed by atoms with Crippen LogP contribution in [0.1, 0.15) is 49.7 Å². The van der Waals surface area contributed by atoms with Crippen molar-refractivity contribution < 1.29 is 14.2 Å². The molecule has 0 bridgehead atoms. The highest BCUT2D eigenvalue weighted by molar-refractivity contribution is 6.06. The maximum atomic E-state index is 6.46. The first-order valence-corrected chi connectivity index (χ1v) is 13.7. The highest BCUT2D eigenvalue weighted by Gasteiger charge is 2.45. The molecule has 0 atom stereocenters. The van der Waals surface area contributed by atoms with E-state index in [0.717, 1.165) is 59.4 Å². The van der Waals surface area contributed by atoms with Crippen molar-refractivity contribution in [2.45, 2.75) is 50.7 Å². The van der Waals surface area contributed by atoms with Crippen LogP contribution in [0.3, 0.4) is 0 Å². The zero-order valence-electron chi connectivity index (χ0n) is 22.9. The number of hydrogen-bond donors (Lipinski definition) is 2. The molecule has 0 radical (unpaired) electrons. The van der Waals surface area contributed by atoms with Gasteiger partial charge in [0.2, 0.25) is 0 Å². The Morgan fingerprint density at radius 2 is 1.79 bits per heavy atom. The van der Waals surface area contributed by atoms with E-state index in [2.05, 4.69) is 43.2 Å². The number of H-pyrrole nitrogens is 2. The smallest absolute Gasteiger partial charge is 0.138 e. The van der Waals surface area contributed by atoms with E-state index in [1.807, 2.05) is 36.5 Å². The molecule has 204 valence electrons. The number of aromatic nitrogens is 6. The highest BCUT2D eigenvalue weighted by Crippen LogP contribution is 2.53. The van der Waals surface area contributed by atoms with Gasteiger partial charge in [-0.15, -0.1) is 0 Å². The van der Waals surface area contributed by atoms with Gasteiger partial charge in [-0.1, -0.05) is 18.9 Å². The molecule has 0 amide bonds. The molecule has 1 spiro atoms. The third kappa shape index (κ3) is 4.75. The molecule has 39 heavy (non-hydrogen) atoms. The molecule has 8 rings (SSSR count). The Morgan fingerprint density at radius 1 is 1.00 bits per heavy atom. The molecule has 2 fully saturated rings. The van der Waals surface area contributed by atoms with Gasteiger partial charge < -0.3 is 19.2 Å². The first-order valence-electron chi connectivity index (χ1n) is 13.7. The maximum Gasteiger partial charge on any atom is 0.138 e. The van der Waals surface area contributed by atoms with E-state index >= 15 is 0 Å². The molecule has 9 heteroatoms. The standard InChI is InChI=1S/C24H22N6O.C4H8O.C2H6O/c1-30-12-16(11-27-30)22-19(14-4-5-18-15(8-14)10-26-29-18)20-21-17(9-25-23(20)28-22)13-31-24(21)6-2-3-7-24;1-2-4-5-3-1;1-3-2/h4-5,8-12H,2-3,6-7,13H2,1H3,(H,25,28)(H,26,29);1-4H2;1-2H3. The second-order valence-electron chi connectivity index (χ2n) is 10.5. The van der Waals surface area contributed by atoms with E-state index in [9.17, 15) is 0 Å². The summed E-state index contributed by atoms with van der Waals surface area (Å²) in [6.07, 6.45) is 15.0. The van der Waals surface area contributed by atoms with Gasteiger partial charge in [0.15, 0.2) is 0 Å². The maximum absolute atomic E-state index is 6.46. The van der Waals surface area contributed by atoms with Crippen LogP contribution < -0.4 is 0 Å². The molecule has 1 saturated heterocycles. The predicted octanol–water partition coefficient (Wildman–Crippen LogP) is 5.87. The van der Waals surface area contributed by atoms with E-state index in [1.54, 1.807) is 14.2 Å². The number of aryl methyl sites for hydroxylation is 1. The van der Waals surface area contributed by atoms with Gasteiger partial charge in [0.05, 0.1) is 35.8 Å². The summed E-state index contributed by atoms with van der Waals surface area (Å²) in [6, 6.07) is 6.47.